The van der Waals surface area contributed by atoms with Crippen molar-refractivity contribution in [3.8, 4) is 16.4 Å². The van der Waals surface area contributed by atoms with Gasteiger partial charge in [-0.15, -0.1) is 11.3 Å². The summed E-state index contributed by atoms with van der Waals surface area (Å²) in [6.45, 7) is 0. The predicted molar refractivity (Wildman–Crippen MR) is 114 cm³/mol. The minimum absolute atomic E-state index is 0.0544. The quantitative estimate of drug-likeness (QED) is 0.394. The van der Waals surface area contributed by atoms with Crippen LogP contribution in [0.15, 0.2) is 57.5 Å². The van der Waals surface area contributed by atoms with Crippen LogP contribution in [0.1, 0.15) is 21.6 Å². The fourth-order valence-corrected chi connectivity index (χ4v) is 4.35. The van der Waals surface area contributed by atoms with Crippen LogP contribution in [0.25, 0.3) is 16.4 Å². The standard InChI is InChI=1S/C20H14F2N4O4S2/c21-14-5-4-11(8-15(14)22)17-13(7-10-2-1-3-12(6-10)32(23)30)18(27)26(25-17)20-24-16(9-31-20)19(28)29/h1-6,8-9,25H,7,23H2,(H,28,29). The molecule has 0 saturated carbocycles. The molecule has 0 fully saturated rings. The van der Waals surface area contributed by atoms with E-state index in [1.54, 1.807) is 24.3 Å². The predicted octanol–water partition coefficient (Wildman–Crippen LogP) is 2.84. The second-order valence-electron chi connectivity index (χ2n) is 6.68. The number of rotatable bonds is 6. The highest BCUT2D eigenvalue weighted by atomic mass is 32.2. The number of hydrogen-bond donors (Lipinski definition) is 3. The Morgan fingerprint density at radius 3 is 2.66 bits per heavy atom. The van der Waals surface area contributed by atoms with Crippen molar-refractivity contribution in [2.75, 3.05) is 0 Å². The number of halogens is 2. The van der Waals surface area contributed by atoms with Gasteiger partial charge in [0.15, 0.2) is 17.3 Å². The van der Waals surface area contributed by atoms with Crippen LogP contribution in [0, 0.1) is 11.6 Å². The summed E-state index contributed by atoms with van der Waals surface area (Å²) in [5, 5.41) is 18.7. The molecule has 4 N–H and O–H groups in total. The molecule has 0 saturated heterocycles. The highest BCUT2D eigenvalue weighted by Gasteiger charge is 2.21. The first-order chi connectivity index (χ1) is 15.2. The van der Waals surface area contributed by atoms with Gasteiger partial charge < -0.3 is 5.11 Å². The molecule has 0 aliphatic carbocycles. The minimum atomic E-state index is -1.72. The lowest BCUT2D eigenvalue weighted by atomic mass is 10.0. The molecule has 1 unspecified atom stereocenters. The molecule has 0 aliphatic heterocycles. The van der Waals surface area contributed by atoms with Gasteiger partial charge in [0.1, 0.15) is 11.0 Å². The van der Waals surface area contributed by atoms with Crippen molar-refractivity contribution in [3.05, 3.63) is 86.7 Å². The zero-order chi connectivity index (χ0) is 23.0. The first-order valence-electron chi connectivity index (χ1n) is 8.98. The highest BCUT2D eigenvalue weighted by molar-refractivity contribution is 7.82. The van der Waals surface area contributed by atoms with Crippen molar-refractivity contribution in [1.29, 1.82) is 0 Å². The van der Waals surface area contributed by atoms with Gasteiger partial charge in [-0.25, -0.2) is 27.9 Å². The van der Waals surface area contributed by atoms with E-state index in [4.69, 9.17) is 10.2 Å². The Hall–Kier alpha value is -3.48. The number of thiazole rings is 1. The normalized spacial score (nSPS) is 12.1. The molecule has 1 atom stereocenters. The summed E-state index contributed by atoms with van der Waals surface area (Å²) in [6.07, 6.45) is 0.0544. The van der Waals surface area contributed by atoms with Gasteiger partial charge in [-0.05, 0) is 35.9 Å². The smallest absolute Gasteiger partial charge is 0.355 e. The molecule has 0 amide bonds. The number of carbonyl (C=O) groups is 1. The van der Waals surface area contributed by atoms with Crippen molar-refractivity contribution < 1.29 is 22.9 Å². The van der Waals surface area contributed by atoms with E-state index in [1.807, 2.05) is 0 Å². The summed E-state index contributed by atoms with van der Waals surface area (Å²) in [5.41, 5.74) is 0.446. The number of H-pyrrole nitrogens is 1. The highest BCUT2D eigenvalue weighted by Crippen LogP contribution is 2.26. The largest absolute Gasteiger partial charge is 0.476 e. The van der Waals surface area contributed by atoms with Crippen LogP contribution in [-0.4, -0.2) is 30.0 Å². The summed E-state index contributed by atoms with van der Waals surface area (Å²) >= 11 is 0.930. The zero-order valence-corrected chi connectivity index (χ0v) is 17.7. The maximum Gasteiger partial charge on any atom is 0.355 e. The van der Waals surface area contributed by atoms with Crippen LogP contribution in [0.4, 0.5) is 8.78 Å². The number of nitrogens with one attached hydrogen (secondary N) is 1. The van der Waals surface area contributed by atoms with Gasteiger partial charge >= 0.3 is 5.97 Å². The van der Waals surface area contributed by atoms with Crippen LogP contribution in [0.2, 0.25) is 0 Å². The summed E-state index contributed by atoms with van der Waals surface area (Å²) < 4.78 is 40.0. The third-order valence-corrected chi connectivity index (χ3v) is 6.15. The first kappa shape index (κ1) is 21.7. The number of hydrogen-bond acceptors (Lipinski definition) is 5. The number of nitrogens with zero attached hydrogens (tertiary/aromatic N) is 2. The van der Waals surface area contributed by atoms with Crippen molar-refractivity contribution in [3.63, 3.8) is 0 Å². The molecule has 8 nitrogen and oxygen atoms in total. The summed E-state index contributed by atoms with van der Waals surface area (Å²) in [4.78, 5) is 28.7. The van der Waals surface area contributed by atoms with E-state index < -0.39 is 34.1 Å². The number of carboxylic acid groups (broad SMARTS) is 1. The number of carboxylic acids is 1. The number of benzene rings is 2. The molecule has 4 rings (SSSR count). The Bertz CT molecular complexity index is 1430. The van der Waals surface area contributed by atoms with E-state index in [1.165, 1.54) is 11.4 Å². The summed E-state index contributed by atoms with van der Waals surface area (Å²) in [7, 11) is -1.72. The van der Waals surface area contributed by atoms with E-state index in [2.05, 4.69) is 10.1 Å². The fourth-order valence-electron chi connectivity index (χ4n) is 3.11. The Kier molecular flexibility index (Phi) is 5.82. The van der Waals surface area contributed by atoms with E-state index in [0.29, 0.717) is 10.5 Å². The SMILES string of the molecule is NS(=O)c1cccc(Cc2c(-c3ccc(F)c(F)c3)[nH]n(-c3nc(C(=O)O)cs3)c2=O)c1. The zero-order valence-electron chi connectivity index (χ0n) is 16.0. The molecule has 4 aromatic rings. The Balaban J connectivity index is 1.87. The molecular formula is C20H14F2N4O4S2. The van der Waals surface area contributed by atoms with E-state index in [9.17, 15) is 22.6 Å². The number of aromatic nitrogens is 3. The Morgan fingerprint density at radius 2 is 2.00 bits per heavy atom. The lowest BCUT2D eigenvalue weighted by molar-refractivity contribution is 0.0691. The van der Waals surface area contributed by atoms with Crippen LogP contribution >= 0.6 is 11.3 Å². The molecule has 2 aromatic carbocycles. The molecule has 12 heteroatoms. The van der Waals surface area contributed by atoms with Crippen molar-refractivity contribution in [2.45, 2.75) is 11.3 Å². The fraction of sp³-hybridized carbons (Fsp3) is 0.0500. The third-order valence-electron chi connectivity index (χ3n) is 4.61. The van der Waals surface area contributed by atoms with Crippen molar-refractivity contribution in [2.24, 2.45) is 5.14 Å². The van der Waals surface area contributed by atoms with E-state index in [0.717, 1.165) is 28.2 Å². The molecule has 0 spiro atoms. The summed E-state index contributed by atoms with van der Waals surface area (Å²) in [6, 6.07) is 9.69. The molecule has 0 bridgehead atoms. The number of aromatic amines is 1. The molecule has 164 valence electrons. The van der Waals surface area contributed by atoms with E-state index in [-0.39, 0.29) is 34.1 Å². The van der Waals surface area contributed by atoms with Gasteiger partial charge in [-0.1, -0.05) is 12.1 Å². The molecule has 2 heterocycles. The third kappa shape index (κ3) is 4.15. The van der Waals surface area contributed by atoms with Crippen LogP contribution in [0.5, 0.6) is 0 Å². The lowest BCUT2D eigenvalue weighted by Crippen LogP contribution is -2.17. The molecule has 0 radical (unpaired) electrons. The molecule has 32 heavy (non-hydrogen) atoms. The van der Waals surface area contributed by atoms with Gasteiger partial charge in [0.2, 0.25) is 5.13 Å². The van der Waals surface area contributed by atoms with E-state index >= 15 is 0 Å². The second kappa shape index (κ2) is 8.57. The summed E-state index contributed by atoms with van der Waals surface area (Å²) in [5.74, 6) is -3.38. The second-order valence-corrected chi connectivity index (χ2v) is 8.58. The Labute approximate surface area is 185 Å². The molecular weight excluding hydrogens is 462 g/mol. The van der Waals surface area contributed by atoms with Crippen LogP contribution < -0.4 is 10.7 Å². The number of nitrogens with two attached hydrogens (primary N) is 1. The topological polar surface area (TPSA) is 131 Å². The average Bonchev–Trinajstić information content (AvgIpc) is 3.36. The Morgan fingerprint density at radius 1 is 1.22 bits per heavy atom. The van der Waals surface area contributed by atoms with Gasteiger partial charge in [0.05, 0.1) is 10.6 Å². The number of aromatic carboxylic acids is 1. The van der Waals surface area contributed by atoms with Gasteiger partial charge in [-0.3, -0.25) is 9.89 Å². The first-order valence-corrected chi connectivity index (χ1v) is 11.1. The molecule has 0 aliphatic rings. The maximum absolute atomic E-state index is 13.9. The van der Waals surface area contributed by atoms with Crippen LogP contribution in [0.3, 0.4) is 0 Å². The average molecular weight is 476 g/mol. The molecule has 2 aromatic heterocycles. The maximum atomic E-state index is 13.9. The van der Waals surface area contributed by atoms with Crippen molar-refractivity contribution in [1.82, 2.24) is 14.8 Å². The monoisotopic (exact) mass is 476 g/mol. The lowest BCUT2D eigenvalue weighted by Gasteiger charge is -2.05. The van der Waals surface area contributed by atoms with Gasteiger partial charge in [-0.2, -0.15) is 4.68 Å². The van der Waals surface area contributed by atoms with Gasteiger partial charge in [0.25, 0.3) is 5.56 Å². The van der Waals surface area contributed by atoms with Crippen LogP contribution in [-0.2, 0) is 17.4 Å². The minimum Gasteiger partial charge on any atom is -0.476 e. The van der Waals surface area contributed by atoms with Crippen molar-refractivity contribution >= 4 is 28.3 Å². The van der Waals surface area contributed by atoms with Gasteiger partial charge in [0, 0.05) is 22.9 Å².